The fraction of sp³-hybridized carbons (Fsp3) is 0.538. The maximum atomic E-state index is 11.9. The SMILES string of the molecule is Cc1cccc(CNCCCCC(F)(F)F)c1. The average Bonchev–Trinajstić information content (AvgIpc) is 2.22. The molecule has 4 heteroatoms. The van der Waals surface area contributed by atoms with E-state index in [2.05, 4.69) is 11.4 Å². The van der Waals surface area contributed by atoms with Crippen molar-refractivity contribution in [2.75, 3.05) is 6.54 Å². The van der Waals surface area contributed by atoms with Gasteiger partial charge in [0, 0.05) is 13.0 Å². The van der Waals surface area contributed by atoms with Gasteiger partial charge in [0.2, 0.25) is 0 Å². The summed E-state index contributed by atoms with van der Waals surface area (Å²) in [5.41, 5.74) is 2.36. The smallest absolute Gasteiger partial charge is 0.313 e. The molecule has 0 spiro atoms. The van der Waals surface area contributed by atoms with Crippen molar-refractivity contribution in [2.24, 2.45) is 0 Å². The molecule has 96 valence electrons. The van der Waals surface area contributed by atoms with Gasteiger partial charge in [-0.25, -0.2) is 0 Å². The van der Waals surface area contributed by atoms with Crippen LogP contribution in [0.5, 0.6) is 0 Å². The number of hydrogen-bond donors (Lipinski definition) is 1. The Labute approximate surface area is 100 Å². The molecule has 0 heterocycles. The quantitative estimate of drug-likeness (QED) is 0.751. The van der Waals surface area contributed by atoms with Gasteiger partial charge in [0.25, 0.3) is 0 Å². The summed E-state index contributed by atoms with van der Waals surface area (Å²) in [5.74, 6) is 0. The van der Waals surface area contributed by atoms with Gasteiger partial charge >= 0.3 is 6.18 Å². The lowest BCUT2D eigenvalue weighted by atomic mass is 10.1. The van der Waals surface area contributed by atoms with Gasteiger partial charge < -0.3 is 5.32 Å². The van der Waals surface area contributed by atoms with E-state index < -0.39 is 12.6 Å². The maximum absolute atomic E-state index is 11.9. The van der Waals surface area contributed by atoms with Crippen LogP contribution in [0.4, 0.5) is 13.2 Å². The van der Waals surface area contributed by atoms with Gasteiger partial charge in [0.15, 0.2) is 0 Å². The number of alkyl halides is 3. The fourth-order valence-electron chi connectivity index (χ4n) is 1.63. The number of nitrogens with one attached hydrogen (secondary N) is 1. The van der Waals surface area contributed by atoms with Crippen LogP contribution in [0.25, 0.3) is 0 Å². The van der Waals surface area contributed by atoms with Gasteiger partial charge in [-0.2, -0.15) is 13.2 Å². The van der Waals surface area contributed by atoms with Crippen molar-refractivity contribution in [1.29, 1.82) is 0 Å². The van der Waals surface area contributed by atoms with Crippen LogP contribution in [-0.2, 0) is 6.54 Å². The van der Waals surface area contributed by atoms with Crippen molar-refractivity contribution in [1.82, 2.24) is 5.32 Å². The molecule has 0 saturated heterocycles. The molecule has 0 bridgehead atoms. The standard InChI is InChI=1S/C13H18F3N/c1-11-5-4-6-12(9-11)10-17-8-3-2-7-13(14,15)16/h4-6,9,17H,2-3,7-8,10H2,1H3. The summed E-state index contributed by atoms with van der Waals surface area (Å²) < 4.78 is 35.6. The first-order valence-corrected chi connectivity index (χ1v) is 5.80. The van der Waals surface area contributed by atoms with Crippen LogP contribution in [0, 0.1) is 6.92 Å². The van der Waals surface area contributed by atoms with Crippen molar-refractivity contribution < 1.29 is 13.2 Å². The highest BCUT2D eigenvalue weighted by molar-refractivity contribution is 5.21. The normalized spacial score (nSPS) is 11.8. The monoisotopic (exact) mass is 245 g/mol. The van der Waals surface area contributed by atoms with Crippen molar-refractivity contribution in [3.05, 3.63) is 35.4 Å². The second-order valence-corrected chi connectivity index (χ2v) is 4.24. The first-order chi connectivity index (χ1) is 7.97. The van der Waals surface area contributed by atoms with Crippen LogP contribution >= 0.6 is 0 Å². The minimum Gasteiger partial charge on any atom is -0.313 e. The van der Waals surface area contributed by atoms with Gasteiger partial charge in [-0.05, 0) is 31.9 Å². The summed E-state index contributed by atoms with van der Waals surface area (Å²) >= 11 is 0. The van der Waals surface area contributed by atoms with E-state index in [0.29, 0.717) is 19.5 Å². The Hall–Kier alpha value is -1.03. The second kappa shape index (κ2) is 6.64. The van der Waals surface area contributed by atoms with E-state index in [1.54, 1.807) is 0 Å². The summed E-state index contributed by atoms with van der Waals surface area (Å²) in [6.07, 6.45) is -3.94. The summed E-state index contributed by atoms with van der Waals surface area (Å²) in [4.78, 5) is 0. The molecule has 1 rings (SSSR count). The molecule has 1 aromatic carbocycles. The molecule has 0 radical (unpaired) electrons. The molecule has 1 N–H and O–H groups in total. The highest BCUT2D eigenvalue weighted by Crippen LogP contribution is 2.21. The van der Waals surface area contributed by atoms with Crippen LogP contribution in [0.2, 0.25) is 0 Å². The predicted molar refractivity (Wildman–Crippen MR) is 62.8 cm³/mol. The van der Waals surface area contributed by atoms with Crippen molar-refractivity contribution in [3.63, 3.8) is 0 Å². The third-order valence-electron chi connectivity index (χ3n) is 2.48. The topological polar surface area (TPSA) is 12.0 Å². The summed E-state index contributed by atoms with van der Waals surface area (Å²) in [6, 6.07) is 8.08. The molecule has 17 heavy (non-hydrogen) atoms. The van der Waals surface area contributed by atoms with E-state index in [4.69, 9.17) is 0 Å². The molecule has 0 atom stereocenters. The first-order valence-electron chi connectivity index (χ1n) is 5.80. The molecular formula is C13H18F3N. The predicted octanol–water partition coefficient (Wildman–Crippen LogP) is 3.82. The van der Waals surface area contributed by atoms with Crippen LogP contribution in [0.1, 0.15) is 30.4 Å². The zero-order chi connectivity index (χ0) is 12.7. The van der Waals surface area contributed by atoms with E-state index in [-0.39, 0.29) is 6.42 Å². The van der Waals surface area contributed by atoms with Gasteiger partial charge in [0.05, 0.1) is 0 Å². The average molecular weight is 245 g/mol. The zero-order valence-electron chi connectivity index (χ0n) is 9.98. The molecule has 1 nitrogen and oxygen atoms in total. The molecule has 0 aliphatic carbocycles. The van der Waals surface area contributed by atoms with E-state index in [1.165, 1.54) is 11.1 Å². The molecule has 0 aromatic heterocycles. The van der Waals surface area contributed by atoms with Gasteiger partial charge in [0.1, 0.15) is 0 Å². The highest BCUT2D eigenvalue weighted by Gasteiger charge is 2.25. The van der Waals surface area contributed by atoms with Crippen molar-refractivity contribution in [2.45, 2.75) is 38.9 Å². The molecule has 0 unspecified atom stereocenters. The summed E-state index contributed by atoms with van der Waals surface area (Å²) in [5, 5.41) is 3.15. The first kappa shape index (κ1) is 14.0. The van der Waals surface area contributed by atoms with Crippen LogP contribution in [0.15, 0.2) is 24.3 Å². The minimum atomic E-state index is -4.02. The molecular weight excluding hydrogens is 227 g/mol. The Morgan fingerprint density at radius 3 is 2.59 bits per heavy atom. The van der Waals surface area contributed by atoms with Crippen LogP contribution in [0.3, 0.4) is 0 Å². The summed E-state index contributed by atoms with van der Waals surface area (Å²) in [6.45, 7) is 3.37. The van der Waals surface area contributed by atoms with Gasteiger partial charge in [-0.3, -0.25) is 0 Å². The molecule has 1 aromatic rings. The number of rotatable bonds is 6. The van der Waals surface area contributed by atoms with E-state index >= 15 is 0 Å². The van der Waals surface area contributed by atoms with Crippen molar-refractivity contribution >= 4 is 0 Å². The fourth-order valence-corrected chi connectivity index (χ4v) is 1.63. The number of unbranched alkanes of at least 4 members (excludes halogenated alkanes) is 1. The number of halogens is 3. The minimum absolute atomic E-state index is 0.199. The Balaban J connectivity index is 2.09. The number of benzene rings is 1. The third-order valence-corrected chi connectivity index (χ3v) is 2.48. The maximum Gasteiger partial charge on any atom is 0.389 e. The van der Waals surface area contributed by atoms with E-state index in [9.17, 15) is 13.2 Å². The van der Waals surface area contributed by atoms with Gasteiger partial charge in [-0.15, -0.1) is 0 Å². The van der Waals surface area contributed by atoms with Crippen molar-refractivity contribution in [3.8, 4) is 0 Å². The lowest BCUT2D eigenvalue weighted by molar-refractivity contribution is -0.135. The number of aryl methyl sites for hydroxylation is 1. The zero-order valence-corrected chi connectivity index (χ0v) is 9.98. The van der Waals surface area contributed by atoms with Gasteiger partial charge in [-0.1, -0.05) is 29.8 Å². The Bertz CT molecular complexity index is 334. The van der Waals surface area contributed by atoms with Crippen LogP contribution in [-0.4, -0.2) is 12.7 Å². The van der Waals surface area contributed by atoms with E-state index in [0.717, 1.165) is 0 Å². The molecule has 0 saturated carbocycles. The molecule has 0 aliphatic rings. The largest absolute Gasteiger partial charge is 0.389 e. The third kappa shape index (κ3) is 7.00. The Kier molecular flexibility index (Phi) is 5.48. The lowest BCUT2D eigenvalue weighted by Crippen LogP contribution is -2.15. The summed E-state index contributed by atoms with van der Waals surface area (Å²) in [7, 11) is 0. The second-order valence-electron chi connectivity index (χ2n) is 4.24. The Morgan fingerprint density at radius 1 is 1.18 bits per heavy atom. The molecule has 0 fully saturated rings. The molecule has 0 aliphatic heterocycles. The van der Waals surface area contributed by atoms with E-state index in [1.807, 2.05) is 25.1 Å². The lowest BCUT2D eigenvalue weighted by Gasteiger charge is -2.07. The number of hydrogen-bond acceptors (Lipinski definition) is 1. The van der Waals surface area contributed by atoms with Crippen LogP contribution < -0.4 is 5.32 Å². The Morgan fingerprint density at radius 2 is 1.94 bits per heavy atom. The molecule has 0 amide bonds. The highest BCUT2D eigenvalue weighted by atomic mass is 19.4.